The molecule has 0 aromatic carbocycles. The molecule has 0 spiro atoms. The molecule has 0 amide bonds. The summed E-state index contributed by atoms with van der Waals surface area (Å²) in [6.45, 7) is 9.72. The van der Waals surface area contributed by atoms with Crippen LogP contribution in [0.15, 0.2) is 56.0 Å². The number of allylic oxidation sites excluding steroid dienone is 9. The van der Waals surface area contributed by atoms with E-state index in [4.69, 9.17) is 4.43 Å². The molecule has 0 bridgehead atoms. The third kappa shape index (κ3) is 6.09. The Balaban J connectivity index is 0.00000220. The Morgan fingerprint density at radius 3 is 2.45 bits per heavy atom. The van der Waals surface area contributed by atoms with Gasteiger partial charge < -0.3 is 24.8 Å². The second-order valence-corrected chi connectivity index (χ2v) is 12.0. The van der Waals surface area contributed by atoms with Crippen molar-refractivity contribution in [3.05, 3.63) is 56.0 Å². The van der Waals surface area contributed by atoms with Gasteiger partial charge in [0.15, 0.2) is 0 Å². The number of hydrogen-bond acceptors (Lipinski definition) is 1. The van der Waals surface area contributed by atoms with E-state index in [9.17, 15) is 0 Å². The van der Waals surface area contributed by atoms with Gasteiger partial charge in [-0.25, -0.2) is 0 Å². The minimum Gasteiger partial charge on any atom is -1.00 e. The van der Waals surface area contributed by atoms with E-state index in [0.717, 1.165) is 19.4 Å². The van der Waals surface area contributed by atoms with Gasteiger partial charge in [-0.15, -0.1) is 0 Å². The molecule has 2 aliphatic carbocycles. The van der Waals surface area contributed by atoms with Crippen molar-refractivity contribution in [2.75, 3.05) is 6.61 Å². The van der Waals surface area contributed by atoms with E-state index in [0.29, 0.717) is 0 Å². The van der Waals surface area contributed by atoms with Crippen LogP contribution in [0.5, 0.6) is 0 Å². The summed E-state index contributed by atoms with van der Waals surface area (Å²) < 4.78 is 7.44. The average Bonchev–Trinajstić information content (AvgIpc) is 2.94. The molecule has 5 heteroatoms. The van der Waals surface area contributed by atoms with Crippen molar-refractivity contribution >= 4 is 8.32 Å². The first-order valence-electron chi connectivity index (χ1n) is 7.25. The summed E-state index contributed by atoms with van der Waals surface area (Å²) in [7, 11) is -1.37. The van der Waals surface area contributed by atoms with Crippen LogP contribution in [0.1, 0.15) is 19.8 Å². The molecule has 0 heterocycles. The molecular formula is C17H23Cl2OSiZr. The van der Waals surface area contributed by atoms with Crippen molar-refractivity contribution in [2.45, 2.75) is 39.4 Å². The minimum atomic E-state index is -1.37. The third-order valence-corrected chi connectivity index (χ3v) is 5.96. The molecular weight excluding hydrogens is 410 g/mol. The van der Waals surface area contributed by atoms with E-state index in [2.05, 4.69) is 56.9 Å². The molecule has 0 aliphatic heterocycles. The number of halogens is 2. The Hall–Kier alpha value is 0.340. The molecule has 0 aromatic rings. The summed E-state index contributed by atoms with van der Waals surface area (Å²) in [4.78, 5) is 0. The smallest absolute Gasteiger partial charge is 1.00 e. The van der Waals surface area contributed by atoms with Gasteiger partial charge >= 0.3 is 139 Å². The van der Waals surface area contributed by atoms with Gasteiger partial charge in [0.25, 0.3) is 0 Å². The molecule has 119 valence electrons. The summed E-state index contributed by atoms with van der Waals surface area (Å²) >= 11 is 1.51. The molecule has 0 radical (unpaired) electrons. The summed E-state index contributed by atoms with van der Waals surface area (Å²) in [6.07, 6.45) is 13.6. The molecule has 22 heavy (non-hydrogen) atoms. The van der Waals surface area contributed by atoms with Crippen LogP contribution in [-0.2, 0) is 29.1 Å². The molecule has 0 unspecified atom stereocenters. The normalized spacial score (nSPS) is 19.1. The first kappa shape index (κ1) is 22.3. The maximum absolute atomic E-state index is 5.95. The molecule has 0 saturated heterocycles. The van der Waals surface area contributed by atoms with Gasteiger partial charge in [-0.05, 0) is 0 Å². The number of hydrogen-bond donors (Lipinski definition) is 0. The molecule has 0 N–H and O–H groups in total. The van der Waals surface area contributed by atoms with Crippen molar-refractivity contribution in [1.29, 1.82) is 0 Å². The van der Waals surface area contributed by atoms with Crippen LogP contribution >= 0.6 is 0 Å². The molecule has 2 aliphatic rings. The molecule has 0 fully saturated rings. The summed E-state index contributed by atoms with van der Waals surface area (Å²) in [5, 5.41) is 0. The van der Waals surface area contributed by atoms with E-state index in [1.165, 1.54) is 50.3 Å². The standard InChI is InChI=1S/C17H23OSi.2ClH.Zr/c1-5-14-6-8-16(12-14)17-9-7-15(13-17)10-11-18-19(2,3)4;;;/h5-8,13H,9-11H2,1-4H3;2*1H;/q;;;+2/p-2. The molecule has 2 rings (SSSR count). The Kier molecular flexibility index (Phi) is 9.74. The molecule has 0 saturated carbocycles. The fraction of sp³-hybridized carbons (Fsp3) is 0.412. The van der Waals surface area contributed by atoms with Gasteiger partial charge in [-0.2, -0.15) is 0 Å². The van der Waals surface area contributed by atoms with Gasteiger partial charge in [0, 0.05) is 0 Å². The van der Waals surface area contributed by atoms with Crippen molar-refractivity contribution in [2.24, 2.45) is 0 Å². The van der Waals surface area contributed by atoms with Crippen molar-refractivity contribution in [3.8, 4) is 0 Å². The zero-order valence-electron chi connectivity index (χ0n) is 13.7. The summed E-state index contributed by atoms with van der Waals surface area (Å²) in [5.74, 6) is 0. The van der Waals surface area contributed by atoms with Crippen LogP contribution in [0.25, 0.3) is 0 Å². The first-order valence-corrected chi connectivity index (χ1v) is 11.9. The van der Waals surface area contributed by atoms with Crippen LogP contribution < -0.4 is 24.8 Å². The largest absolute Gasteiger partial charge is 1.00 e. The number of rotatable bonds is 5. The van der Waals surface area contributed by atoms with Gasteiger partial charge in [0.1, 0.15) is 0 Å². The zero-order chi connectivity index (χ0) is 14.8. The maximum atomic E-state index is 5.95. The van der Waals surface area contributed by atoms with Gasteiger partial charge in [0.05, 0.1) is 0 Å². The Bertz CT molecular complexity index is 551. The Labute approximate surface area is 163 Å². The van der Waals surface area contributed by atoms with Crippen LogP contribution in [-0.4, -0.2) is 14.9 Å². The predicted octanol–water partition coefficient (Wildman–Crippen LogP) is -1.19. The van der Waals surface area contributed by atoms with E-state index in [-0.39, 0.29) is 24.8 Å². The monoisotopic (exact) mass is 431 g/mol. The van der Waals surface area contributed by atoms with Crippen LogP contribution in [0.3, 0.4) is 0 Å². The van der Waals surface area contributed by atoms with Crippen LogP contribution in [0, 0.1) is 0 Å². The topological polar surface area (TPSA) is 9.23 Å². The Morgan fingerprint density at radius 1 is 1.23 bits per heavy atom. The Morgan fingerprint density at radius 2 is 1.91 bits per heavy atom. The minimum absolute atomic E-state index is 0. The first-order chi connectivity index (χ1) is 9.40. The van der Waals surface area contributed by atoms with Crippen molar-refractivity contribution in [1.82, 2.24) is 0 Å². The van der Waals surface area contributed by atoms with Crippen molar-refractivity contribution in [3.63, 3.8) is 0 Å². The summed E-state index contributed by atoms with van der Waals surface area (Å²) in [5.41, 5.74) is 5.77. The second kappa shape index (κ2) is 9.59. The van der Waals surface area contributed by atoms with E-state index < -0.39 is 8.32 Å². The molecule has 0 atom stereocenters. The van der Waals surface area contributed by atoms with Gasteiger partial charge in [-0.3, -0.25) is 0 Å². The zero-order valence-corrected chi connectivity index (χ0v) is 18.6. The van der Waals surface area contributed by atoms with Crippen LogP contribution in [0.2, 0.25) is 19.6 Å². The van der Waals surface area contributed by atoms with E-state index in [1.54, 1.807) is 0 Å². The van der Waals surface area contributed by atoms with Gasteiger partial charge in [-0.1, -0.05) is 0 Å². The van der Waals surface area contributed by atoms with Crippen LogP contribution in [0.4, 0.5) is 0 Å². The molecule has 1 nitrogen and oxygen atoms in total. The van der Waals surface area contributed by atoms with E-state index >= 15 is 0 Å². The third-order valence-electron chi connectivity index (χ3n) is 3.51. The predicted molar refractivity (Wildman–Crippen MR) is 84.6 cm³/mol. The fourth-order valence-corrected chi connectivity index (χ4v) is 4.30. The molecule has 0 aromatic heterocycles. The second-order valence-electron chi connectivity index (χ2n) is 6.23. The quantitative estimate of drug-likeness (QED) is 0.496. The van der Waals surface area contributed by atoms with E-state index in [1.807, 2.05) is 0 Å². The van der Waals surface area contributed by atoms with Gasteiger partial charge in [0.2, 0.25) is 0 Å². The maximum Gasteiger partial charge on any atom is -1.00 e. The van der Waals surface area contributed by atoms with Crippen molar-refractivity contribution < 1.29 is 54.0 Å². The average molecular weight is 434 g/mol. The fourth-order valence-electron chi connectivity index (χ4n) is 2.42. The summed E-state index contributed by atoms with van der Waals surface area (Å²) in [6, 6.07) is 0. The SMILES string of the molecule is CC=C1C=CC(C2=CC(CCO[Si](C)(C)C)=CC2)=[C]1[Zr+2].[Cl-].[Cl-].